The number of thiophene rings is 1. The van der Waals surface area contributed by atoms with E-state index in [1.54, 1.807) is 23.1 Å². The molecule has 1 saturated heterocycles. The third-order valence-corrected chi connectivity index (χ3v) is 7.03. The number of halogens is 1. The van der Waals surface area contributed by atoms with Crippen LogP contribution in [0, 0.1) is 13.8 Å². The molecule has 1 aliphatic rings. The van der Waals surface area contributed by atoms with Gasteiger partial charge in [0.2, 0.25) is 0 Å². The molecular weight excluding hydrogens is 386 g/mol. The van der Waals surface area contributed by atoms with Crippen LogP contribution in [0.25, 0.3) is 10.2 Å². The smallest absolute Gasteiger partial charge is 0.186 e. The molecule has 4 rings (SSSR count). The molecule has 1 aromatic carbocycles. The van der Waals surface area contributed by atoms with Gasteiger partial charge in [0.15, 0.2) is 5.82 Å². The van der Waals surface area contributed by atoms with E-state index in [1.165, 1.54) is 20.7 Å². The molecular formula is C19H21ClN3OS2+. The highest BCUT2D eigenvalue weighted by atomic mass is 35.5. The van der Waals surface area contributed by atoms with Crippen LogP contribution in [0.1, 0.15) is 16.3 Å². The van der Waals surface area contributed by atoms with Crippen LogP contribution < -0.4 is 4.90 Å². The summed E-state index contributed by atoms with van der Waals surface area (Å²) in [5.41, 5.74) is 1.28. The molecule has 0 atom stereocenters. The van der Waals surface area contributed by atoms with E-state index in [2.05, 4.69) is 13.8 Å². The number of aromatic nitrogens is 2. The van der Waals surface area contributed by atoms with Crippen LogP contribution in [0.2, 0.25) is 5.02 Å². The number of ether oxygens (including phenoxy) is 1. The molecule has 7 heteroatoms. The summed E-state index contributed by atoms with van der Waals surface area (Å²) in [4.78, 5) is 14.9. The van der Waals surface area contributed by atoms with Crippen molar-refractivity contribution in [2.24, 2.45) is 0 Å². The predicted molar refractivity (Wildman–Crippen MR) is 108 cm³/mol. The van der Waals surface area contributed by atoms with Crippen molar-refractivity contribution in [1.29, 1.82) is 0 Å². The van der Waals surface area contributed by atoms with Crippen molar-refractivity contribution in [1.82, 2.24) is 9.97 Å². The summed E-state index contributed by atoms with van der Waals surface area (Å²) < 4.78 is 5.46. The quantitative estimate of drug-likeness (QED) is 0.673. The van der Waals surface area contributed by atoms with Gasteiger partial charge in [-0.25, -0.2) is 9.97 Å². The molecule has 0 radical (unpaired) electrons. The molecule has 1 aliphatic heterocycles. The molecule has 1 fully saturated rings. The Morgan fingerprint density at radius 1 is 1.15 bits per heavy atom. The maximum atomic E-state index is 6.03. The zero-order valence-electron chi connectivity index (χ0n) is 14.8. The van der Waals surface area contributed by atoms with Crippen molar-refractivity contribution in [2.45, 2.75) is 30.3 Å². The summed E-state index contributed by atoms with van der Waals surface area (Å²) in [5.74, 6) is 0.923. The molecule has 0 unspecified atom stereocenters. The summed E-state index contributed by atoms with van der Waals surface area (Å²) >= 11 is 9.48. The zero-order chi connectivity index (χ0) is 18.1. The first-order valence-corrected chi connectivity index (χ1v) is 10.7. The Balaban J connectivity index is 1.71. The minimum atomic E-state index is 0.751. The molecule has 136 valence electrons. The number of benzene rings is 1. The molecule has 0 spiro atoms. The van der Waals surface area contributed by atoms with Gasteiger partial charge in [0.1, 0.15) is 29.5 Å². The highest BCUT2D eigenvalue weighted by Crippen LogP contribution is 2.38. The van der Waals surface area contributed by atoms with Crippen LogP contribution in [0.4, 0.5) is 0 Å². The minimum Gasteiger partial charge on any atom is -0.370 e. The molecule has 0 amide bonds. The average Bonchev–Trinajstić information content (AvgIpc) is 2.92. The topological polar surface area (TPSA) is 39.5 Å². The first-order valence-electron chi connectivity index (χ1n) is 8.71. The van der Waals surface area contributed by atoms with Crippen molar-refractivity contribution in [3.63, 3.8) is 0 Å². The number of morpholine rings is 1. The Hall–Kier alpha value is -1.18. The van der Waals surface area contributed by atoms with E-state index in [-0.39, 0.29) is 0 Å². The van der Waals surface area contributed by atoms with E-state index in [4.69, 9.17) is 26.3 Å². The van der Waals surface area contributed by atoms with Gasteiger partial charge >= 0.3 is 0 Å². The van der Waals surface area contributed by atoms with Crippen molar-refractivity contribution in [3.8, 4) is 0 Å². The number of nitrogens with zero attached hydrogens (tertiary/aromatic N) is 2. The fraction of sp³-hybridized carbons (Fsp3) is 0.368. The predicted octanol–water partition coefficient (Wildman–Crippen LogP) is 3.53. The van der Waals surface area contributed by atoms with Gasteiger partial charge < -0.3 is 9.64 Å². The first kappa shape index (κ1) is 18.2. The number of fused-ring (bicyclic) bond motifs is 1. The maximum Gasteiger partial charge on any atom is 0.186 e. The largest absolute Gasteiger partial charge is 0.370 e. The number of rotatable bonds is 4. The number of quaternary nitrogens is 1. The van der Waals surface area contributed by atoms with Crippen LogP contribution in [0.3, 0.4) is 0 Å². The zero-order valence-corrected chi connectivity index (χ0v) is 17.2. The Bertz CT molecular complexity index is 921. The second-order valence-corrected chi connectivity index (χ2v) is 9.21. The molecule has 26 heavy (non-hydrogen) atoms. The monoisotopic (exact) mass is 406 g/mol. The third kappa shape index (κ3) is 3.89. The van der Waals surface area contributed by atoms with Crippen molar-refractivity contribution >= 4 is 44.9 Å². The molecule has 1 N–H and O–H groups in total. The van der Waals surface area contributed by atoms with Gasteiger partial charge in [-0.3, -0.25) is 0 Å². The van der Waals surface area contributed by atoms with E-state index in [0.717, 1.165) is 58.4 Å². The first-order chi connectivity index (χ1) is 12.6. The Labute approximate surface area is 166 Å². The standard InChI is InChI=1S/C19H20ClN3OS2/c1-12-13(2)25-18-17(12)19(26-15-5-3-14(20)4-6-15)22-16(21-18)11-23-7-9-24-10-8-23/h3-6H,7-11H2,1-2H3/p+1. The third-order valence-electron chi connectivity index (χ3n) is 4.68. The van der Waals surface area contributed by atoms with Gasteiger partial charge in [-0.05, 0) is 43.7 Å². The van der Waals surface area contributed by atoms with Gasteiger partial charge in [0.05, 0.1) is 13.2 Å². The van der Waals surface area contributed by atoms with Gasteiger partial charge in [-0.1, -0.05) is 23.4 Å². The lowest BCUT2D eigenvalue weighted by Gasteiger charge is -2.23. The molecule has 3 heterocycles. The molecule has 0 saturated carbocycles. The van der Waals surface area contributed by atoms with Crippen molar-refractivity contribution in [3.05, 3.63) is 45.6 Å². The summed E-state index contributed by atoms with van der Waals surface area (Å²) in [7, 11) is 0. The van der Waals surface area contributed by atoms with Crippen molar-refractivity contribution in [2.75, 3.05) is 26.3 Å². The Morgan fingerprint density at radius 2 is 1.88 bits per heavy atom. The summed E-state index contributed by atoms with van der Waals surface area (Å²) in [6, 6.07) is 7.93. The molecule has 2 aromatic heterocycles. The maximum absolute atomic E-state index is 6.03. The van der Waals surface area contributed by atoms with E-state index in [9.17, 15) is 0 Å². The normalized spacial score (nSPS) is 15.7. The molecule has 4 nitrogen and oxygen atoms in total. The van der Waals surface area contributed by atoms with Crippen LogP contribution in [0.15, 0.2) is 34.2 Å². The van der Waals surface area contributed by atoms with E-state index in [0.29, 0.717) is 0 Å². The van der Waals surface area contributed by atoms with Gasteiger partial charge in [-0.15, -0.1) is 11.3 Å². The highest BCUT2D eigenvalue weighted by Gasteiger charge is 2.20. The molecule has 0 bridgehead atoms. The van der Waals surface area contributed by atoms with E-state index >= 15 is 0 Å². The Kier molecular flexibility index (Phi) is 5.47. The summed E-state index contributed by atoms with van der Waals surface area (Å²) in [5, 5.41) is 2.98. The minimum absolute atomic E-state index is 0.751. The average molecular weight is 407 g/mol. The van der Waals surface area contributed by atoms with Crippen LogP contribution in [0.5, 0.6) is 0 Å². The van der Waals surface area contributed by atoms with Gasteiger partial charge in [-0.2, -0.15) is 0 Å². The van der Waals surface area contributed by atoms with Crippen LogP contribution in [-0.4, -0.2) is 36.3 Å². The van der Waals surface area contributed by atoms with Gasteiger partial charge in [0.25, 0.3) is 0 Å². The lowest BCUT2D eigenvalue weighted by Crippen LogP contribution is -3.12. The van der Waals surface area contributed by atoms with Gasteiger partial charge in [0, 0.05) is 20.2 Å². The lowest BCUT2D eigenvalue weighted by atomic mass is 10.2. The highest BCUT2D eigenvalue weighted by molar-refractivity contribution is 7.99. The number of hydrogen-bond acceptors (Lipinski definition) is 5. The fourth-order valence-electron chi connectivity index (χ4n) is 3.08. The summed E-state index contributed by atoms with van der Waals surface area (Å²) in [6.07, 6.45) is 0. The van der Waals surface area contributed by atoms with E-state index < -0.39 is 0 Å². The number of hydrogen-bond donors (Lipinski definition) is 1. The molecule has 0 aliphatic carbocycles. The second-order valence-electron chi connectivity index (χ2n) is 6.50. The summed E-state index contributed by atoms with van der Waals surface area (Å²) in [6.45, 7) is 8.85. The number of nitrogens with one attached hydrogen (secondary N) is 1. The van der Waals surface area contributed by atoms with Crippen LogP contribution >= 0.6 is 34.7 Å². The Morgan fingerprint density at radius 3 is 2.62 bits per heavy atom. The second kappa shape index (κ2) is 7.82. The number of aryl methyl sites for hydroxylation is 2. The van der Waals surface area contributed by atoms with Crippen LogP contribution in [-0.2, 0) is 11.3 Å². The fourth-order valence-corrected chi connectivity index (χ4v) is 5.32. The molecule has 3 aromatic rings. The SMILES string of the molecule is Cc1sc2nc(C[NH+]3CCOCC3)nc(Sc3ccc(Cl)cc3)c2c1C. The lowest BCUT2D eigenvalue weighted by molar-refractivity contribution is -0.922. The van der Waals surface area contributed by atoms with Crippen molar-refractivity contribution < 1.29 is 9.64 Å². The van der Waals surface area contributed by atoms with E-state index in [1.807, 2.05) is 24.3 Å².